The molecule has 0 nitrogen and oxygen atoms in total. The maximum absolute atomic E-state index is 2.77. The Labute approximate surface area is 182 Å². The molecule has 4 aliphatic carbocycles. The van der Waals surface area contributed by atoms with Gasteiger partial charge in [0, 0.05) is 0 Å². The average Bonchev–Trinajstić information content (AvgIpc) is 2.98. The summed E-state index contributed by atoms with van der Waals surface area (Å²) in [5.41, 5.74) is 3.44. The van der Waals surface area contributed by atoms with Gasteiger partial charge in [-0.2, -0.15) is 0 Å². The van der Waals surface area contributed by atoms with E-state index in [4.69, 9.17) is 0 Å². The predicted octanol–water partition coefficient (Wildman–Crippen LogP) is 9.05. The maximum Gasteiger partial charge on any atom is -0.00799 e. The van der Waals surface area contributed by atoms with Gasteiger partial charge in [-0.15, -0.1) is 0 Å². The molecule has 0 amide bonds. The van der Waals surface area contributed by atoms with Crippen LogP contribution >= 0.6 is 0 Å². The summed E-state index contributed by atoms with van der Waals surface area (Å²) >= 11 is 0. The first-order valence-electron chi connectivity index (χ1n) is 13.3. The second-order valence-electron chi connectivity index (χ2n) is 13.4. The molecule has 0 heterocycles. The highest BCUT2D eigenvalue weighted by Crippen LogP contribution is 2.68. The Balaban J connectivity index is 1.53. The van der Waals surface area contributed by atoms with Crippen molar-refractivity contribution in [3.05, 3.63) is 11.6 Å². The fraction of sp³-hybridized carbons (Fsp3) is 0.931. The first-order valence-corrected chi connectivity index (χ1v) is 13.3. The summed E-state index contributed by atoms with van der Waals surface area (Å²) in [5.74, 6) is 5.73. The first-order chi connectivity index (χ1) is 13.6. The van der Waals surface area contributed by atoms with Crippen LogP contribution in [-0.2, 0) is 0 Å². The molecule has 0 aliphatic heterocycles. The van der Waals surface area contributed by atoms with Gasteiger partial charge in [0.25, 0.3) is 0 Å². The van der Waals surface area contributed by atoms with Crippen molar-refractivity contribution in [1.29, 1.82) is 0 Å². The molecule has 0 radical (unpaired) electrons. The second-order valence-corrected chi connectivity index (χ2v) is 13.4. The molecule has 3 fully saturated rings. The zero-order chi connectivity index (χ0) is 21.0. The van der Waals surface area contributed by atoms with Crippen LogP contribution in [0.2, 0.25) is 0 Å². The molecule has 0 N–H and O–H groups in total. The molecule has 0 aromatic carbocycles. The average molecular weight is 399 g/mol. The summed E-state index contributed by atoms with van der Waals surface area (Å²) in [6.07, 6.45) is 18.9. The lowest BCUT2D eigenvalue weighted by molar-refractivity contribution is -0.0580. The van der Waals surface area contributed by atoms with Crippen LogP contribution in [0.3, 0.4) is 0 Å². The third-order valence-corrected chi connectivity index (χ3v) is 10.9. The Morgan fingerprint density at radius 1 is 0.897 bits per heavy atom. The molecule has 4 aliphatic rings. The fourth-order valence-corrected chi connectivity index (χ4v) is 9.52. The normalized spacial score (nSPS) is 44.6. The van der Waals surface area contributed by atoms with Crippen molar-refractivity contribution < 1.29 is 0 Å². The van der Waals surface area contributed by atoms with Gasteiger partial charge in [0.1, 0.15) is 0 Å². The largest absolute Gasteiger partial charge is 0.0839 e. The van der Waals surface area contributed by atoms with Crippen molar-refractivity contribution in [1.82, 2.24) is 0 Å². The monoisotopic (exact) mass is 398 g/mol. The number of allylic oxidation sites excluding steroid dienone is 2. The Morgan fingerprint density at radius 2 is 1.66 bits per heavy atom. The van der Waals surface area contributed by atoms with Gasteiger partial charge in [0.05, 0.1) is 0 Å². The van der Waals surface area contributed by atoms with Gasteiger partial charge in [-0.1, -0.05) is 85.8 Å². The lowest BCUT2D eigenvalue weighted by atomic mass is 9.44. The van der Waals surface area contributed by atoms with Crippen molar-refractivity contribution in [3.63, 3.8) is 0 Å². The van der Waals surface area contributed by atoms with Gasteiger partial charge < -0.3 is 0 Å². The van der Waals surface area contributed by atoms with Gasteiger partial charge in [-0.05, 0) is 96.7 Å². The zero-order valence-electron chi connectivity index (χ0n) is 20.8. The number of fused-ring (bicyclic) bond motifs is 5. The lowest BCUT2D eigenvalue weighted by Gasteiger charge is -2.60. The topological polar surface area (TPSA) is 0 Å². The van der Waals surface area contributed by atoms with Crippen LogP contribution in [0.4, 0.5) is 0 Å². The van der Waals surface area contributed by atoms with Crippen molar-refractivity contribution in [2.75, 3.05) is 0 Å². The molecule has 3 saturated carbocycles. The highest BCUT2D eigenvalue weighted by Gasteiger charge is 2.60. The van der Waals surface area contributed by atoms with Crippen molar-refractivity contribution in [2.45, 2.75) is 119 Å². The Hall–Kier alpha value is -0.260. The summed E-state index contributed by atoms with van der Waals surface area (Å²) in [6.45, 7) is 17.9. The SMILES string of the molecule is CC(C)CCC[C@@H](C)C1CC[C@H]2[C@@H]3CC=C4C(C)(C)CCC[C@]4(C)[C@H]3CC[C@]12C. The minimum absolute atomic E-state index is 0.446. The number of hydrogen-bond donors (Lipinski definition) is 0. The predicted molar refractivity (Wildman–Crippen MR) is 127 cm³/mol. The van der Waals surface area contributed by atoms with E-state index in [0.717, 1.165) is 35.5 Å². The van der Waals surface area contributed by atoms with E-state index in [1.807, 2.05) is 5.57 Å². The van der Waals surface area contributed by atoms with Gasteiger partial charge in [0.2, 0.25) is 0 Å². The summed E-state index contributed by atoms with van der Waals surface area (Å²) in [7, 11) is 0. The zero-order valence-corrected chi connectivity index (χ0v) is 20.8. The van der Waals surface area contributed by atoms with Crippen LogP contribution in [0.15, 0.2) is 11.6 Å². The molecule has 7 atom stereocenters. The Morgan fingerprint density at radius 3 is 2.38 bits per heavy atom. The molecular weight excluding hydrogens is 348 g/mol. The van der Waals surface area contributed by atoms with E-state index in [-0.39, 0.29) is 0 Å². The molecule has 0 spiro atoms. The number of hydrogen-bond acceptors (Lipinski definition) is 0. The van der Waals surface area contributed by atoms with Crippen molar-refractivity contribution in [3.8, 4) is 0 Å². The van der Waals surface area contributed by atoms with Crippen molar-refractivity contribution in [2.24, 2.45) is 51.8 Å². The van der Waals surface area contributed by atoms with E-state index in [0.29, 0.717) is 16.2 Å². The lowest BCUT2D eigenvalue weighted by Crippen LogP contribution is -2.52. The second kappa shape index (κ2) is 7.70. The summed E-state index contributed by atoms with van der Waals surface area (Å²) in [4.78, 5) is 0. The third kappa shape index (κ3) is 3.57. The molecule has 0 aromatic heterocycles. The van der Waals surface area contributed by atoms with Gasteiger partial charge in [-0.3, -0.25) is 0 Å². The van der Waals surface area contributed by atoms with E-state index < -0.39 is 0 Å². The van der Waals surface area contributed by atoms with E-state index >= 15 is 0 Å². The standard InChI is InChI=1S/C29H50/c1-20(2)10-8-11-21(3)23-13-14-24-22-12-15-26-27(4,5)17-9-18-29(26,7)25(22)16-19-28(23,24)6/h15,20-25H,8-14,16-19H2,1-7H3/t21-,22+,23?,24+,25+,28-,29-/m1/s1. The molecule has 166 valence electrons. The van der Waals surface area contributed by atoms with E-state index in [1.54, 1.807) is 0 Å². The molecule has 0 bridgehead atoms. The highest BCUT2D eigenvalue weighted by atomic mass is 14.6. The smallest absolute Gasteiger partial charge is 0.00799 e. The summed E-state index contributed by atoms with van der Waals surface area (Å²) < 4.78 is 0. The van der Waals surface area contributed by atoms with Crippen LogP contribution in [0.5, 0.6) is 0 Å². The molecule has 1 unspecified atom stereocenters. The fourth-order valence-electron chi connectivity index (χ4n) is 9.52. The minimum Gasteiger partial charge on any atom is -0.0839 e. The van der Waals surface area contributed by atoms with Gasteiger partial charge in [-0.25, -0.2) is 0 Å². The Kier molecular flexibility index (Phi) is 5.83. The van der Waals surface area contributed by atoms with Gasteiger partial charge >= 0.3 is 0 Å². The first kappa shape index (κ1) is 22.0. The maximum atomic E-state index is 2.77. The van der Waals surface area contributed by atoms with Crippen LogP contribution in [0, 0.1) is 51.8 Å². The van der Waals surface area contributed by atoms with E-state index in [1.165, 1.54) is 70.6 Å². The van der Waals surface area contributed by atoms with Crippen LogP contribution in [0.1, 0.15) is 119 Å². The molecule has 29 heavy (non-hydrogen) atoms. The third-order valence-electron chi connectivity index (χ3n) is 10.9. The quantitative estimate of drug-likeness (QED) is 0.405. The molecule has 0 aromatic rings. The van der Waals surface area contributed by atoms with Crippen LogP contribution < -0.4 is 0 Å². The highest BCUT2D eigenvalue weighted by molar-refractivity contribution is 5.29. The molecule has 0 heteroatoms. The molecule has 4 rings (SSSR count). The Bertz CT molecular complexity index is 624. The van der Waals surface area contributed by atoms with E-state index in [9.17, 15) is 0 Å². The number of rotatable bonds is 5. The van der Waals surface area contributed by atoms with Gasteiger partial charge in [0.15, 0.2) is 0 Å². The molecule has 0 saturated heterocycles. The summed E-state index contributed by atoms with van der Waals surface area (Å²) in [5, 5.41) is 0. The van der Waals surface area contributed by atoms with E-state index in [2.05, 4.69) is 54.5 Å². The van der Waals surface area contributed by atoms with Crippen molar-refractivity contribution >= 4 is 0 Å². The van der Waals surface area contributed by atoms with Crippen LogP contribution in [0.25, 0.3) is 0 Å². The van der Waals surface area contributed by atoms with Crippen LogP contribution in [-0.4, -0.2) is 0 Å². The summed E-state index contributed by atoms with van der Waals surface area (Å²) in [6, 6.07) is 0. The molecular formula is C29H50. The minimum atomic E-state index is 0.446.